The quantitative estimate of drug-likeness (QED) is 0.492. The van der Waals surface area contributed by atoms with E-state index in [4.69, 9.17) is 8.92 Å². The van der Waals surface area contributed by atoms with Crippen LogP contribution >= 0.6 is 0 Å². The molecule has 0 spiro atoms. The molecule has 0 aliphatic carbocycles. The summed E-state index contributed by atoms with van der Waals surface area (Å²) in [5.74, 6) is 0.0342. The Balaban J connectivity index is 1.88. The van der Waals surface area contributed by atoms with Gasteiger partial charge < -0.3 is 13.8 Å². The lowest BCUT2D eigenvalue weighted by Crippen LogP contribution is -2.30. The maximum atomic E-state index is 13.3. The number of hydrogen-bond acceptors (Lipinski definition) is 5. The number of rotatable bonds is 8. The van der Waals surface area contributed by atoms with E-state index in [-0.39, 0.29) is 30.6 Å². The molecule has 0 aliphatic heterocycles. The van der Waals surface area contributed by atoms with Crippen LogP contribution in [0.15, 0.2) is 72.8 Å². The van der Waals surface area contributed by atoms with Crippen LogP contribution in [0.2, 0.25) is 0 Å². The van der Waals surface area contributed by atoms with Crippen molar-refractivity contribution in [2.75, 3.05) is 13.4 Å². The molecule has 0 bridgehead atoms. The van der Waals surface area contributed by atoms with E-state index in [9.17, 15) is 17.6 Å². The molecule has 162 valence electrons. The molecule has 0 heterocycles. The number of amides is 1. The Labute approximate surface area is 181 Å². The van der Waals surface area contributed by atoms with Gasteiger partial charge in [-0.1, -0.05) is 36.4 Å². The normalized spacial score (nSPS) is 11.1. The van der Waals surface area contributed by atoms with Gasteiger partial charge in [-0.15, -0.1) is 0 Å². The third-order valence-electron chi connectivity index (χ3n) is 4.46. The van der Waals surface area contributed by atoms with Gasteiger partial charge in [0, 0.05) is 13.1 Å². The standard InChI is InChI=1S/C23H22FNO5S/c1-29-22-6-4-3-5-21(22)23(26)25(15-17-7-11-19(24)12-8-17)16-18-9-13-20(14-10-18)30-31(2,27)28/h3-14H,15-16H2,1-2H3. The lowest BCUT2D eigenvalue weighted by atomic mass is 10.1. The number of hydrogen-bond donors (Lipinski definition) is 0. The molecule has 0 unspecified atom stereocenters. The Morgan fingerprint density at radius 3 is 2.00 bits per heavy atom. The maximum Gasteiger partial charge on any atom is 0.306 e. The Morgan fingerprint density at radius 1 is 0.903 bits per heavy atom. The molecule has 0 N–H and O–H groups in total. The number of halogens is 1. The SMILES string of the molecule is COc1ccccc1C(=O)N(Cc1ccc(F)cc1)Cc1ccc(OS(C)(=O)=O)cc1. The molecule has 0 radical (unpaired) electrons. The minimum Gasteiger partial charge on any atom is -0.496 e. The van der Waals surface area contributed by atoms with Crippen LogP contribution in [0, 0.1) is 5.82 Å². The molecular formula is C23H22FNO5S. The average molecular weight is 443 g/mol. The zero-order chi connectivity index (χ0) is 22.4. The van der Waals surface area contributed by atoms with Crippen molar-refractivity contribution in [1.82, 2.24) is 4.90 Å². The van der Waals surface area contributed by atoms with E-state index in [1.54, 1.807) is 53.4 Å². The number of nitrogens with zero attached hydrogens (tertiary/aromatic N) is 1. The van der Waals surface area contributed by atoms with Crippen LogP contribution in [-0.2, 0) is 23.2 Å². The van der Waals surface area contributed by atoms with Crippen LogP contribution in [0.1, 0.15) is 21.5 Å². The molecule has 0 fully saturated rings. The fraction of sp³-hybridized carbons (Fsp3) is 0.174. The molecule has 31 heavy (non-hydrogen) atoms. The second-order valence-electron chi connectivity index (χ2n) is 6.92. The summed E-state index contributed by atoms with van der Waals surface area (Å²) in [6.07, 6.45) is 0.969. The van der Waals surface area contributed by atoms with Crippen LogP contribution in [0.3, 0.4) is 0 Å². The number of carbonyl (C=O) groups is 1. The van der Waals surface area contributed by atoms with Crippen LogP contribution in [0.25, 0.3) is 0 Å². The fourth-order valence-electron chi connectivity index (χ4n) is 3.05. The van der Waals surface area contributed by atoms with Gasteiger partial charge in [-0.3, -0.25) is 4.79 Å². The number of para-hydroxylation sites is 1. The molecule has 3 aromatic rings. The van der Waals surface area contributed by atoms with Crippen molar-refractivity contribution >= 4 is 16.0 Å². The summed E-state index contributed by atoms with van der Waals surface area (Å²) in [6.45, 7) is 0.492. The summed E-state index contributed by atoms with van der Waals surface area (Å²) < 4.78 is 46.0. The van der Waals surface area contributed by atoms with E-state index < -0.39 is 10.1 Å². The van der Waals surface area contributed by atoms with E-state index >= 15 is 0 Å². The molecule has 0 saturated heterocycles. The largest absolute Gasteiger partial charge is 0.496 e. The monoisotopic (exact) mass is 443 g/mol. The zero-order valence-electron chi connectivity index (χ0n) is 17.1. The van der Waals surface area contributed by atoms with Crippen molar-refractivity contribution in [1.29, 1.82) is 0 Å². The van der Waals surface area contributed by atoms with E-state index in [0.717, 1.165) is 17.4 Å². The van der Waals surface area contributed by atoms with E-state index in [2.05, 4.69) is 0 Å². The van der Waals surface area contributed by atoms with Gasteiger partial charge in [-0.05, 0) is 47.5 Å². The number of benzene rings is 3. The van der Waals surface area contributed by atoms with E-state index in [1.807, 2.05) is 0 Å². The first-order valence-corrected chi connectivity index (χ1v) is 11.2. The minimum absolute atomic E-state index is 0.187. The van der Waals surface area contributed by atoms with Gasteiger partial charge in [0.25, 0.3) is 5.91 Å². The number of carbonyl (C=O) groups excluding carboxylic acids is 1. The highest BCUT2D eigenvalue weighted by molar-refractivity contribution is 7.86. The topological polar surface area (TPSA) is 72.9 Å². The fourth-order valence-corrected chi connectivity index (χ4v) is 3.51. The van der Waals surface area contributed by atoms with Crippen LogP contribution in [0.4, 0.5) is 4.39 Å². The molecular weight excluding hydrogens is 421 g/mol. The summed E-state index contributed by atoms with van der Waals surface area (Å²) >= 11 is 0. The third kappa shape index (κ3) is 6.29. The van der Waals surface area contributed by atoms with Gasteiger partial charge in [0.15, 0.2) is 0 Å². The van der Waals surface area contributed by atoms with Crippen LogP contribution < -0.4 is 8.92 Å². The molecule has 8 heteroatoms. The average Bonchev–Trinajstić information content (AvgIpc) is 2.74. The predicted octanol–water partition coefficient (Wildman–Crippen LogP) is 4.02. The Morgan fingerprint density at radius 2 is 1.45 bits per heavy atom. The summed E-state index contributed by atoms with van der Waals surface area (Å²) in [7, 11) is -2.13. The highest BCUT2D eigenvalue weighted by Crippen LogP contribution is 2.23. The zero-order valence-corrected chi connectivity index (χ0v) is 17.9. The molecule has 1 amide bonds. The first-order valence-electron chi connectivity index (χ1n) is 9.40. The molecule has 0 aromatic heterocycles. The lowest BCUT2D eigenvalue weighted by Gasteiger charge is -2.24. The second kappa shape index (κ2) is 9.61. The first kappa shape index (κ1) is 22.3. The predicted molar refractivity (Wildman–Crippen MR) is 115 cm³/mol. The molecule has 0 saturated carbocycles. The van der Waals surface area contributed by atoms with Gasteiger partial charge in [0.1, 0.15) is 17.3 Å². The number of methoxy groups -OCH3 is 1. The number of ether oxygens (including phenoxy) is 1. The molecule has 0 aliphatic rings. The van der Waals surface area contributed by atoms with Crippen molar-refractivity contribution in [3.8, 4) is 11.5 Å². The van der Waals surface area contributed by atoms with Crippen molar-refractivity contribution in [3.63, 3.8) is 0 Å². The first-order chi connectivity index (χ1) is 14.7. The van der Waals surface area contributed by atoms with E-state index in [1.165, 1.54) is 31.4 Å². The van der Waals surface area contributed by atoms with Gasteiger partial charge >= 0.3 is 10.1 Å². The van der Waals surface area contributed by atoms with Gasteiger partial charge in [-0.25, -0.2) is 4.39 Å². The molecule has 3 rings (SSSR count). The molecule has 0 atom stereocenters. The van der Waals surface area contributed by atoms with Gasteiger partial charge in [-0.2, -0.15) is 8.42 Å². The third-order valence-corrected chi connectivity index (χ3v) is 4.95. The maximum absolute atomic E-state index is 13.3. The Kier molecular flexibility index (Phi) is 6.91. The van der Waals surface area contributed by atoms with Crippen LogP contribution in [-0.4, -0.2) is 32.6 Å². The smallest absolute Gasteiger partial charge is 0.306 e. The molecule has 3 aromatic carbocycles. The van der Waals surface area contributed by atoms with Crippen molar-refractivity contribution in [2.45, 2.75) is 13.1 Å². The minimum atomic E-state index is -3.62. The van der Waals surface area contributed by atoms with Crippen molar-refractivity contribution in [2.24, 2.45) is 0 Å². The summed E-state index contributed by atoms with van der Waals surface area (Å²) in [6, 6.07) is 19.3. The van der Waals surface area contributed by atoms with Gasteiger partial charge in [0.05, 0.1) is 18.9 Å². The Bertz CT molecular complexity index is 1150. The molecule has 6 nitrogen and oxygen atoms in total. The second-order valence-corrected chi connectivity index (χ2v) is 8.49. The highest BCUT2D eigenvalue weighted by atomic mass is 32.2. The van der Waals surface area contributed by atoms with Crippen molar-refractivity contribution in [3.05, 3.63) is 95.3 Å². The summed E-state index contributed by atoms with van der Waals surface area (Å²) in [5, 5.41) is 0. The lowest BCUT2D eigenvalue weighted by molar-refractivity contribution is 0.0726. The van der Waals surface area contributed by atoms with Crippen LogP contribution in [0.5, 0.6) is 11.5 Å². The van der Waals surface area contributed by atoms with Gasteiger partial charge in [0.2, 0.25) is 0 Å². The summed E-state index contributed by atoms with van der Waals surface area (Å²) in [4.78, 5) is 14.9. The van der Waals surface area contributed by atoms with Crippen molar-refractivity contribution < 1.29 is 26.5 Å². The Hall–Kier alpha value is -3.39. The van der Waals surface area contributed by atoms with E-state index in [0.29, 0.717) is 11.3 Å². The summed E-state index contributed by atoms with van der Waals surface area (Å²) in [5.41, 5.74) is 1.94. The highest BCUT2D eigenvalue weighted by Gasteiger charge is 2.20.